The van der Waals surface area contributed by atoms with Crippen LogP contribution >= 0.6 is 0 Å². The van der Waals surface area contributed by atoms with Gasteiger partial charge in [-0.15, -0.1) is 0 Å². The fourth-order valence-electron chi connectivity index (χ4n) is 1.03. The van der Waals surface area contributed by atoms with Gasteiger partial charge in [0.15, 0.2) is 6.29 Å². The number of rotatable bonds is 4. The molecule has 12 heavy (non-hydrogen) atoms. The van der Waals surface area contributed by atoms with Crippen LogP contribution in [0.5, 0.6) is 0 Å². The molecule has 0 N–H and O–H groups in total. The van der Waals surface area contributed by atoms with Crippen molar-refractivity contribution in [2.45, 2.75) is 26.6 Å². The van der Waals surface area contributed by atoms with E-state index in [1.165, 1.54) is 0 Å². The Morgan fingerprint density at radius 3 is 3.08 bits per heavy atom. The van der Waals surface area contributed by atoms with Crippen molar-refractivity contribution in [2.75, 3.05) is 13.2 Å². The minimum Gasteiger partial charge on any atom is -0.464 e. The lowest BCUT2D eigenvalue weighted by molar-refractivity contribution is -0.0936. The van der Waals surface area contributed by atoms with Gasteiger partial charge >= 0.3 is 0 Å². The standard InChI is InChI=1S/C9H15NO2/c1-3-11-8(2)12-9-5-4-6-10-7-9/h5,7-8H,3-4,6H2,1-2H3. The van der Waals surface area contributed by atoms with Gasteiger partial charge in [0.1, 0.15) is 5.76 Å². The fourth-order valence-corrected chi connectivity index (χ4v) is 1.03. The summed E-state index contributed by atoms with van der Waals surface area (Å²) in [4.78, 5) is 4.10. The summed E-state index contributed by atoms with van der Waals surface area (Å²) in [6.45, 7) is 5.37. The van der Waals surface area contributed by atoms with Crippen molar-refractivity contribution in [3.05, 3.63) is 11.8 Å². The van der Waals surface area contributed by atoms with E-state index in [4.69, 9.17) is 9.47 Å². The highest BCUT2D eigenvalue weighted by Crippen LogP contribution is 2.06. The number of allylic oxidation sites excluding steroid dienone is 1. The maximum Gasteiger partial charge on any atom is 0.197 e. The molecular weight excluding hydrogens is 154 g/mol. The van der Waals surface area contributed by atoms with Gasteiger partial charge in [-0.25, -0.2) is 0 Å². The predicted octanol–water partition coefficient (Wildman–Crippen LogP) is 1.74. The van der Waals surface area contributed by atoms with Crippen LogP contribution in [0.25, 0.3) is 0 Å². The minimum absolute atomic E-state index is 0.175. The molecule has 1 rings (SSSR count). The van der Waals surface area contributed by atoms with Gasteiger partial charge in [0, 0.05) is 13.2 Å². The van der Waals surface area contributed by atoms with Gasteiger partial charge in [0.05, 0.1) is 6.21 Å². The first-order chi connectivity index (χ1) is 5.83. The highest BCUT2D eigenvalue weighted by atomic mass is 16.7. The molecule has 3 nitrogen and oxygen atoms in total. The Morgan fingerprint density at radius 1 is 1.67 bits per heavy atom. The van der Waals surface area contributed by atoms with E-state index in [0.29, 0.717) is 6.61 Å². The lowest BCUT2D eigenvalue weighted by Crippen LogP contribution is -2.14. The number of aliphatic imine (C=N–C) groups is 1. The molecule has 0 aromatic rings. The van der Waals surface area contributed by atoms with Gasteiger partial charge in [0.25, 0.3) is 0 Å². The van der Waals surface area contributed by atoms with E-state index >= 15 is 0 Å². The summed E-state index contributed by atoms with van der Waals surface area (Å²) < 4.78 is 10.6. The van der Waals surface area contributed by atoms with Gasteiger partial charge < -0.3 is 9.47 Å². The van der Waals surface area contributed by atoms with Crippen molar-refractivity contribution in [1.82, 2.24) is 0 Å². The normalized spacial score (nSPS) is 18.7. The molecule has 1 aliphatic heterocycles. The van der Waals surface area contributed by atoms with Crippen LogP contribution in [0.1, 0.15) is 20.3 Å². The molecule has 68 valence electrons. The van der Waals surface area contributed by atoms with E-state index in [-0.39, 0.29) is 6.29 Å². The number of dihydropyridines is 1. The molecule has 0 amide bonds. The Labute approximate surface area is 73.1 Å². The van der Waals surface area contributed by atoms with E-state index < -0.39 is 0 Å². The lowest BCUT2D eigenvalue weighted by Gasteiger charge is -2.15. The minimum atomic E-state index is -0.175. The van der Waals surface area contributed by atoms with Crippen LogP contribution in [-0.4, -0.2) is 25.7 Å². The number of hydrogen-bond donors (Lipinski definition) is 0. The Hall–Kier alpha value is -0.830. The van der Waals surface area contributed by atoms with Crippen molar-refractivity contribution in [2.24, 2.45) is 4.99 Å². The summed E-state index contributed by atoms with van der Waals surface area (Å²) >= 11 is 0. The van der Waals surface area contributed by atoms with Gasteiger partial charge in [0.2, 0.25) is 0 Å². The van der Waals surface area contributed by atoms with Gasteiger partial charge in [-0.05, 0) is 26.3 Å². The van der Waals surface area contributed by atoms with Gasteiger partial charge in [-0.1, -0.05) is 0 Å². The summed E-state index contributed by atoms with van der Waals surface area (Å²) in [6, 6.07) is 0. The van der Waals surface area contributed by atoms with Crippen LogP contribution < -0.4 is 0 Å². The molecule has 0 fully saturated rings. The van der Waals surface area contributed by atoms with E-state index in [1.54, 1.807) is 6.21 Å². The number of hydrogen-bond acceptors (Lipinski definition) is 3. The third kappa shape index (κ3) is 3.05. The van der Waals surface area contributed by atoms with Crippen molar-refractivity contribution in [1.29, 1.82) is 0 Å². The first-order valence-corrected chi connectivity index (χ1v) is 4.31. The Kier molecular flexibility index (Phi) is 3.80. The topological polar surface area (TPSA) is 30.8 Å². The van der Waals surface area contributed by atoms with E-state index in [2.05, 4.69) is 4.99 Å². The van der Waals surface area contributed by atoms with Gasteiger partial charge in [-0.2, -0.15) is 0 Å². The molecular formula is C9H15NO2. The first-order valence-electron chi connectivity index (χ1n) is 4.31. The van der Waals surface area contributed by atoms with Crippen LogP contribution in [0.3, 0.4) is 0 Å². The first kappa shape index (κ1) is 9.26. The second-order valence-corrected chi connectivity index (χ2v) is 2.57. The van der Waals surface area contributed by atoms with E-state index in [1.807, 2.05) is 19.9 Å². The Balaban J connectivity index is 2.29. The maximum atomic E-state index is 5.42. The quantitative estimate of drug-likeness (QED) is 0.600. The molecule has 1 atom stereocenters. The highest BCUT2D eigenvalue weighted by Gasteiger charge is 2.04. The molecule has 0 aliphatic carbocycles. The molecule has 0 aromatic carbocycles. The molecule has 1 heterocycles. The number of ether oxygens (including phenoxy) is 2. The molecule has 1 unspecified atom stereocenters. The van der Waals surface area contributed by atoms with Crippen molar-refractivity contribution < 1.29 is 9.47 Å². The van der Waals surface area contributed by atoms with Crippen molar-refractivity contribution in [3.8, 4) is 0 Å². The monoisotopic (exact) mass is 169 g/mol. The summed E-state index contributed by atoms with van der Waals surface area (Å²) in [7, 11) is 0. The Bertz CT molecular complexity index is 187. The summed E-state index contributed by atoms with van der Waals surface area (Å²) in [6.07, 6.45) is 4.57. The van der Waals surface area contributed by atoms with E-state index in [0.717, 1.165) is 18.7 Å². The van der Waals surface area contributed by atoms with Crippen LogP contribution in [0, 0.1) is 0 Å². The lowest BCUT2D eigenvalue weighted by atomic mass is 10.3. The zero-order chi connectivity index (χ0) is 8.81. The largest absolute Gasteiger partial charge is 0.464 e. The molecule has 0 bridgehead atoms. The summed E-state index contributed by atoms with van der Waals surface area (Å²) in [5.41, 5.74) is 0. The summed E-state index contributed by atoms with van der Waals surface area (Å²) in [5.74, 6) is 0.821. The molecule has 0 spiro atoms. The van der Waals surface area contributed by atoms with E-state index in [9.17, 15) is 0 Å². The van der Waals surface area contributed by atoms with Crippen LogP contribution in [0.15, 0.2) is 16.8 Å². The third-order valence-electron chi connectivity index (χ3n) is 1.53. The molecule has 0 radical (unpaired) electrons. The molecule has 0 saturated carbocycles. The van der Waals surface area contributed by atoms with Crippen LogP contribution in [-0.2, 0) is 9.47 Å². The highest BCUT2D eigenvalue weighted by molar-refractivity contribution is 5.76. The zero-order valence-corrected chi connectivity index (χ0v) is 7.62. The third-order valence-corrected chi connectivity index (χ3v) is 1.53. The molecule has 3 heteroatoms. The SMILES string of the molecule is CCOC(C)OC1=CCCN=C1. The second-order valence-electron chi connectivity index (χ2n) is 2.57. The zero-order valence-electron chi connectivity index (χ0n) is 7.62. The number of nitrogens with zero attached hydrogens (tertiary/aromatic N) is 1. The Morgan fingerprint density at radius 2 is 2.50 bits per heavy atom. The smallest absolute Gasteiger partial charge is 0.197 e. The van der Waals surface area contributed by atoms with Crippen LogP contribution in [0.4, 0.5) is 0 Å². The molecule has 0 saturated heterocycles. The second kappa shape index (κ2) is 4.93. The predicted molar refractivity (Wildman–Crippen MR) is 48.2 cm³/mol. The van der Waals surface area contributed by atoms with Crippen LogP contribution in [0.2, 0.25) is 0 Å². The molecule has 0 aromatic heterocycles. The fraction of sp³-hybridized carbons (Fsp3) is 0.667. The van der Waals surface area contributed by atoms with Gasteiger partial charge in [-0.3, -0.25) is 4.99 Å². The summed E-state index contributed by atoms with van der Waals surface area (Å²) in [5, 5.41) is 0. The average Bonchev–Trinajstić information content (AvgIpc) is 2.06. The maximum absolute atomic E-state index is 5.42. The van der Waals surface area contributed by atoms with Crippen molar-refractivity contribution >= 4 is 6.21 Å². The van der Waals surface area contributed by atoms with Crippen molar-refractivity contribution in [3.63, 3.8) is 0 Å². The molecule has 1 aliphatic rings. The average molecular weight is 169 g/mol.